The van der Waals surface area contributed by atoms with E-state index in [1.165, 1.54) is 12.1 Å². The smallest absolute Gasteiger partial charge is 0.305 e. The first-order chi connectivity index (χ1) is 11.6. The maximum absolute atomic E-state index is 13.4. The molecule has 4 rings (SSSR count). The number of anilines is 2. The molecule has 0 unspecified atom stereocenters. The Morgan fingerprint density at radius 1 is 1.17 bits per heavy atom. The van der Waals surface area contributed by atoms with Crippen molar-refractivity contribution in [2.45, 2.75) is 5.88 Å². The summed E-state index contributed by atoms with van der Waals surface area (Å²) >= 11 is 5.86. The van der Waals surface area contributed by atoms with Crippen LogP contribution in [0.1, 0.15) is 5.56 Å². The Kier molecular flexibility index (Phi) is 3.42. The Morgan fingerprint density at radius 2 is 2.00 bits per heavy atom. The third-order valence-corrected chi connectivity index (χ3v) is 4.31. The number of hydrogen-bond acceptors (Lipinski definition) is 4. The summed E-state index contributed by atoms with van der Waals surface area (Å²) in [6, 6.07) is 10.6. The first-order valence-corrected chi connectivity index (χ1v) is 7.91. The van der Waals surface area contributed by atoms with Crippen LogP contribution in [0.15, 0.2) is 40.8 Å². The molecule has 0 radical (unpaired) electrons. The van der Waals surface area contributed by atoms with Crippen LogP contribution in [0.3, 0.4) is 0 Å². The number of aryl methyl sites for hydroxylation is 1. The number of hydrogen-bond donors (Lipinski definition) is 0. The molecule has 0 spiro atoms. The molecule has 2 heterocycles. The summed E-state index contributed by atoms with van der Waals surface area (Å²) in [6.45, 7) is 0. The molecule has 0 amide bonds. The molecule has 4 aromatic rings. The fourth-order valence-corrected chi connectivity index (χ4v) is 2.90. The van der Waals surface area contributed by atoms with Crippen molar-refractivity contribution in [3.05, 3.63) is 47.8 Å². The van der Waals surface area contributed by atoms with Gasteiger partial charge in [0.2, 0.25) is 5.95 Å². The van der Waals surface area contributed by atoms with Crippen LogP contribution in [0, 0.1) is 5.82 Å². The number of imidazole rings is 1. The van der Waals surface area contributed by atoms with Gasteiger partial charge in [0, 0.05) is 26.0 Å². The summed E-state index contributed by atoms with van der Waals surface area (Å²) in [5.74, 6) is 0.717. The molecule has 0 aliphatic carbocycles. The summed E-state index contributed by atoms with van der Waals surface area (Å²) in [6.07, 6.45) is 0. The summed E-state index contributed by atoms with van der Waals surface area (Å²) in [4.78, 5) is 10.7. The van der Waals surface area contributed by atoms with Crippen LogP contribution in [0.2, 0.25) is 0 Å². The van der Waals surface area contributed by atoms with E-state index in [-0.39, 0.29) is 5.82 Å². The maximum Gasteiger partial charge on any atom is 0.305 e. The Hall–Kier alpha value is -2.60. The molecule has 24 heavy (non-hydrogen) atoms. The Morgan fingerprint density at radius 3 is 2.79 bits per heavy atom. The van der Waals surface area contributed by atoms with Gasteiger partial charge >= 0.3 is 6.01 Å². The Labute approximate surface area is 142 Å². The lowest BCUT2D eigenvalue weighted by Crippen LogP contribution is -2.14. The largest absolute Gasteiger partial charge is 0.423 e. The van der Waals surface area contributed by atoms with Gasteiger partial charge in [-0.25, -0.2) is 9.37 Å². The number of benzene rings is 2. The number of alkyl halides is 1. The lowest BCUT2D eigenvalue weighted by Gasteiger charge is -2.13. The molecular weight excluding hydrogens is 331 g/mol. The molecule has 122 valence electrons. The van der Waals surface area contributed by atoms with Crippen molar-refractivity contribution in [3.63, 3.8) is 0 Å². The van der Waals surface area contributed by atoms with Crippen LogP contribution < -0.4 is 4.90 Å². The van der Waals surface area contributed by atoms with Gasteiger partial charge in [-0.1, -0.05) is 6.07 Å². The van der Waals surface area contributed by atoms with Crippen LogP contribution in [0.5, 0.6) is 0 Å². The van der Waals surface area contributed by atoms with Crippen LogP contribution in [-0.2, 0) is 12.9 Å². The first-order valence-electron chi connectivity index (χ1n) is 7.38. The van der Waals surface area contributed by atoms with Gasteiger partial charge in [-0.2, -0.15) is 4.98 Å². The van der Waals surface area contributed by atoms with Crippen molar-refractivity contribution in [1.82, 2.24) is 14.5 Å². The molecule has 0 saturated heterocycles. The van der Waals surface area contributed by atoms with Crippen molar-refractivity contribution >= 4 is 45.7 Å². The summed E-state index contributed by atoms with van der Waals surface area (Å²) in [5, 5.41) is 0. The van der Waals surface area contributed by atoms with E-state index in [9.17, 15) is 4.39 Å². The number of rotatable bonds is 3. The quantitative estimate of drug-likeness (QED) is 0.518. The number of oxazole rings is 1. The van der Waals surface area contributed by atoms with Crippen LogP contribution in [0.25, 0.3) is 22.1 Å². The van der Waals surface area contributed by atoms with Crippen LogP contribution >= 0.6 is 11.6 Å². The zero-order chi connectivity index (χ0) is 16.8. The average molecular weight is 345 g/mol. The molecule has 7 heteroatoms. The second-order valence-corrected chi connectivity index (χ2v) is 5.86. The fourth-order valence-electron chi connectivity index (χ4n) is 2.73. The lowest BCUT2D eigenvalue weighted by atomic mass is 10.2. The Bertz CT molecular complexity index is 1060. The summed E-state index contributed by atoms with van der Waals surface area (Å²) < 4.78 is 21.1. The third-order valence-electron chi connectivity index (χ3n) is 4.00. The van der Waals surface area contributed by atoms with Gasteiger partial charge in [0.15, 0.2) is 5.58 Å². The highest BCUT2D eigenvalue weighted by Gasteiger charge is 2.18. The predicted molar refractivity (Wildman–Crippen MR) is 92.3 cm³/mol. The predicted octanol–water partition coefficient (Wildman–Crippen LogP) is 4.36. The molecule has 0 aliphatic heterocycles. The highest BCUT2D eigenvalue weighted by Crippen LogP contribution is 2.29. The van der Waals surface area contributed by atoms with E-state index in [2.05, 4.69) is 9.97 Å². The average Bonchev–Trinajstić information content (AvgIpc) is 3.14. The minimum atomic E-state index is -0.315. The van der Waals surface area contributed by atoms with Gasteiger partial charge in [0.05, 0.1) is 11.0 Å². The molecule has 0 fully saturated rings. The molecule has 5 nitrogen and oxygen atoms in total. The van der Waals surface area contributed by atoms with Crippen molar-refractivity contribution in [3.8, 4) is 0 Å². The van der Waals surface area contributed by atoms with E-state index in [4.69, 9.17) is 16.0 Å². The van der Waals surface area contributed by atoms with Crippen molar-refractivity contribution < 1.29 is 8.81 Å². The number of aromatic nitrogens is 3. The molecule has 0 atom stereocenters. The third kappa shape index (κ3) is 2.30. The number of halogens is 2. The van der Waals surface area contributed by atoms with Crippen molar-refractivity contribution in [2.24, 2.45) is 7.05 Å². The molecule has 0 saturated carbocycles. The molecule has 2 aromatic heterocycles. The lowest BCUT2D eigenvalue weighted by molar-refractivity contribution is 0.598. The molecule has 2 aromatic carbocycles. The monoisotopic (exact) mass is 344 g/mol. The second kappa shape index (κ2) is 5.49. The van der Waals surface area contributed by atoms with Gasteiger partial charge < -0.3 is 8.98 Å². The van der Waals surface area contributed by atoms with Crippen molar-refractivity contribution in [1.29, 1.82) is 0 Å². The summed E-state index contributed by atoms with van der Waals surface area (Å²) in [5.41, 5.74) is 3.80. The van der Waals surface area contributed by atoms with Crippen LogP contribution in [-0.4, -0.2) is 21.6 Å². The minimum absolute atomic E-state index is 0.315. The molecule has 0 bridgehead atoms. The zero-order valence-electron chi connectivity index (χ0n) is 13.1. The molecular formula is C17H14ClFN4O. The van der Waals surface area contributed by atoms with E-state index in [1.54, 1.807) is 11.0 Å². The highest BCUT2D eigenvalue weighted by atomic mass is 35.5. The van der Waals surface area contributed by atoms with Gasteiger partial charge in [0.1, 0.15) is 11.3 Å². The Balaban J connectivity index is 1.80. The van der Waals surface area contributed by atoms with E-state index in [0.29, 0.717) is 28.9 Å². The van der Waals surface area contributed by atoms with Gasteiger partial charge in [0.25, 0.3) is 0 Å². The van der Waals surface area contributed by atoms with E-state index in [0.717, 1.165) is 16.6 Å². The second-order valence-electron chi connectivity index (χ2n) is 5.60. The zero-order valence-corrected chi connectivity index (χ0v) is 13.9. The highest BCUT2D eigenvalue weighted by molar-refractivity contribution is 6.17. The van der Waals surface area contributed by atoms with E-state index < -0.39 is 0 Å². The minimum Gasteiger partial charge on any atom is -0.423 e. The van der Waals surface area contributed by atoms with E-state index in [1.807, 2.05) is 36.9 Å². The SMILES string of the molecule is CN(c1nc2cc(CCl)ccc2o1)c1nc2cc(F)ccc2n1C. The van der Waals surface area contributed by atoms with Gasteiger partial charge in [-0.3, -0.25) is 4.90 Å². The normalized spacial score (nSPS) is 11.5. The molecule has 0 aliphatic rings. The van der Waals surface area contributed by atoms with Gasteiger partial charge in [-0.05, 0) is 29.8 Å². The van der Waals surface area contributed by atoms with Crippen LogP contribution in [0.4, 0.5) is 16.4 Å². The first kappa shape index (κ1) is 15.0. The fraction of sp³-hybridized carbons (Fsp3) is 0.176. The molecule has 0 N–H and O–H groups in total. The van der Waals surface area contributed by atoms with Gasteiger partial charge in [-0.15, -0.1) is 11.6 Å². The summed E-state index contributed by atoms with van der Waals surface area (Å²) in [7, 11) is 3.68. The number of nitrogens with zero attached hydrogens (tertiary/aromatic N) is 4. The maximum atomic E-state index is 13.4. The standard InChI is InChI=1S/C17H14ClFN4O/c1-22-14-5-4-11(19)8-12(14)20-16(22)23(2)17-21-13-7-10(9-18)3-6-15(13)24-17/h3-8H,9H2,1-2H3. The topological polar surface area (TPSA) is 47.1 Å². The van der Waals surface area contributed by atoms with Crippen molar-refractivity contribution in [2.75, 3.05) is 11.9 Å². The number of fused-ring (bicyclic) bond motifs is 2. The van der Waals surface area contributed by atoms with E-state index >= 15 is 0 Å².